The Morgan fingerprint density at radius 1 is 1.27 bits per heavy atom. The van der Waals surface area contributed by atoms with Crippen LogP contribution in [0.2, 0.25) is 5.02 Å². The Balaban J connectivity index is 1.62. The number of benzene rings is 1. The SMILES string of the molecule is Cc1nc(N2CCCC(F)(F)CC2)c(C(=O)Nc2ccc3c(c2)CC(=O)N3)cc1Cl. The van der Waals surface area contributed by atoms with Crippen LogP contribution in [0.5, 0.6) is 0 Å². The van der Waals surface area contributed by atoms with Gasteiger partial charge in [-0.3, -0.25) is 9.59 Å². The second-order valence-corrected chi connectivity index (χ2v) is 8.08. The van der Waals surface area contributed by atoms with Gasteiger partial charge in [0.05, 0.1) is 22.7 Å². The van der Waals surface area contributed by atoms with Crippen molar-refractivity contribution >= 4 is 40.6 Å². The molecule has 0 saturated carbocycles. The number of carbonyl (C=O) groups excluding carboxylic acids is 2. The van der Waals surface area contributed by atoms with E-state index < -0.39 is 11.8 Å². The van der Waals surface area contributed by atoms with E-state index in [0.717, 1.165) is 11.3 Å². The topological polar surface area (TPSA) is 74.3 Å². The van der Waals surface area contributed by atoms with Gasteiger partial charge in [-0.05, 0) is 43.2 Å². The van der Waals surface area contributed by atoms with Gasteiger partial charge in [-0.2, -0.15) is 0 Å². The number of anilines is 3. The molecule has 158 valence electrons. The summed E-state index contributed by atoms with van der Waals surface area (Å²) in [5.74, 6) is -2.89. The van der Waals surface area contributed by atoms with E-state index in [2.05, 4.69) is 15.6 Å². The van der Waals surface area contributed by atoms with Gasteiger partial charge in [0.1, 0.15) is 5.82 Å². The predicted octanol–water partition coefficient (Wildman–Crippen LogP) is 4.42. The van der Waals surface area contributed by atoms with Crippen molar-refractivity contribution in [3.05, 3.63) is 46.1 Å². The van der Waals surface area contributed by atoms with Crippen molar-refractivity contribution < 1.29 is 18.4 Å². The van der Waals surface area contributed by atoms with Crippen LogP contribution in [0.25, 0.3) is 0 Å². The maximum atomic E-state index is 13.8. The molecule has 0 bridgehead atoms. The summed E-state index contributed by atoms with van der Waals surface area (Å²) >= 11 is 6.22. The minimum Gasteiger partial charge on any atom is -0.356 e. The molecule has 1 aromatic heterocycles. The van der Waals surface area contributed by atoms with E-state index in [4.69, 9.17) is 11.6 Å². The minimum atomic E-state index is -2.71. The Bertz CT molecular complexity index is 1030. The molecular weight excluding hydrogens is 414 g/mol. The number of pyridine rings is 1. The molecule has 2 aliphatic heterocycles. The summed E-state index contributed by atoms with van der Waals surface area (Å²) in [6.07, 6.45) is 0.0935. The van der Waals surface area contributed by atoms with E-state index in [0.29, 0.717) is 35.2 Å². The Kier molecular flexibility index (Phi) is 5.36. The van der Waals surface area contributed by atoms with E-state index in [1.54, 1.807) is 30.0 Å². The van der Waals surface area contributed by atoms with Crippen molar-refractivity contribution in [1.29, 1.82) is 0 Å². The number of nitrogens with one attached hydrogen (secondary N) is 2. The standard InChI is InChI=1S/C21H21ClF2N4O2/c1-12-16(22)11-15(19(25-12)28-7-2-5-21(23,24)6-8-28)20(30)26-14-3-4-17-13(9-14)10-18(29)27-17/h3-4,9,11H,2,5-8,10H2,1H3,(H,26,30)(H,27,29). The second-order valence-electron chi connectivity index (χ2n) is 7.67. The summed E-state index contributed by atoms with van der Waals surface area (Å²) in [5, 5.41) is 5.88. The van der Waals surface area contributed by atoms with Crippen LogP contribution in [-0.4, -0.2) is 35.8 Å². The van der Waals surface area contributed by atoms with Crippen LogP contribution >= 0.6 is 11.6 Å². The van der Waals surface area contributed by atoms with Crippen LogP contribution in [0.4, 0.5) is 26.0 Å². The fourth-order valence-corrected chi connectivity index (χ4v) is 3.91. The van der Waals surface area contributed by atoms with Gasteiger partial charge in [-0.1, -0.05) is 11.6 Å². The molecule has 9 heteroatoms. The molecule has 0 atom stereocenters. The van der Waals surface area contributed by atoms with Gasteiger partial charge in [-0.15, -0.1) is 0 Å². The number of nitrogens with zero attached hydrogens (tertiary/aromatic N) is 2. The maximum Gasteiger partial charge on any atom is 0.259 e. The van der Waals surface area contributed by atoms with E-state index in [1.807, 2.05) is 0 Å². The quantitative estimate of drug-likeness (QED) is 0.750. The summed E-state index contributed by atoms with van der Waals surface area (Å²) in [4.78, 5) is 30.8. The number of amides is 2. The lowest BCUT2D eigenvalue weighted by Crippen LogP contribution is -2.29. The molecule has 1 fully saturated rings. The number of rotatable bonds is 3. The Morgan fingerprint density at radius 2 is 2.07 bits per heavy atom. The normalized spacial score (nSPS) is 17.9. The fraction of sp³-hybridized carbons (Fsp3) is 0.381. The van der Waals surface area contributed by atoms with Crippen LogP contribution in [0.3, 0.4) is 0 Å². The van der Waals surface area contributed by atoms with Gasteiger partial charge in [0.25, 0.3) is 5.91 Å². The molecular formula is C21H21ClF2N4O2. The van der Waals surface area contributed by atoms with Crippen molar-refractivity contribution in [2.45, 2.75) is 38.5 Å². The molecule has 6 nitrogen and oxygen atoms in total. The molecule has 30 heavy (non-hydrogen) atoms. The maximum absolute atomic E-state index is 13.8. The Hall–Kier alpha value is -2.74. The number of carbonyl (C=O) groups is 2. The first-order chi connectivity index (χ1) is 14.2. The molecule has 1 aromatic carbocycles. The highest BCUT2D eigenvalue weighted by Gasteiger charge is 2.33. The molecule has 3 heterocycles. The minimum absolute atomic E-state index is 0.0942. The van der Waals surface area contributed by atoms with Crippen molar-refractivity contribution in [2.75, 3.05) is 28.6 Å². The van der Waals surface area contributed by atoms with Gasteiger partial charge in [0, 0.05) is 37.3 Å². The summed E-state index contributed by atoms with van der Waals surface area (Å²) in [5.41, 5.74) is 2.81. The smallest absolute Gasteiger partial charge is 0.259 e. The molecule has 0 radical (unpaired) electrons. The molecule has 0 unspecified atom stereocenters. The largest absolute Gasteiger partial charge is 0.356 e. The first-order valence-corrected chi connectivity index (χ1v) is 10.1. The highest BCUT2D eigenvalue weighted by atomic mass is 35.5. The van der Waals surface area contributed by atoms with E-state index in [9.17, 15) is 18.4 Å². The molecule has 2 N–H and O–H groups in total. The molecule has 4 rings (SSSR count). The predicted molar refractivity (Wildman–Crippen MR) is 112 cm³/mol. The lowest BCUT2D eigenvalue weighted by molar-refractivity contribution is -0.115. The zero-order chi connectivity index (χ0) is 21.5. The molecule has 2 aromatic rings. The zero-order valence-corrected chi connectivity index (χ0v) is 17.2. The number of hydrogen-bond donors (Lipinski definition) is 2. The highest BCUT2D eigenvalue weighted by Crippen LogP contribution is 2.32. The van der Waals surface area contributed by atoms with Gasteiger partial charge in [0.15, 0.2) is 0 Å². The first-order valence-electron chi connectivity index (χ1n) is 9.76. The van der Waals surface area contributed by atoms with E-state index in [-0.39, 0.29) is 37.3 Å². The van der Waals surface area contributed by atoms with Crippen LogP contribution < -0.4 is 15.5 Å². The van der Waals surface area contributed by atoms with Crippen molar-refractivity contribution in [2.24, 2.45) is 0 Å². The first kappa shape index (κ1) is 20.5. The third kappa shape index (κ3) is 4.23. The highest BCUT2D eigenvalue weighted by molar-refractivity contribution is 6.31. The molecule has 0 aliphatic carbocycles. The third-order valence-electron chi connectivity index (χ3n) is 5.38. The van der Waals surface area contributed by atoms with E-state index >= 15 is 0 Å². The molecule has 2 aliphatic rings. The summed E-state index contributed by atoms with van der Waals surface area (Å²) in [6, 6.07) is 6.68. The summed E-state index contributed by atoms with van der Waals surface area (Å²) in [6.45, 7) is 2.20. The third-order valence-corrected chi connectivity index (χ3v) is 5.76. The van der Waals surface area contributed by atoms with Crippen LogP contribution in [-0.2, 0) is 11.2 Å². The summed E-state index contributed by atoms with van der Waals surface area (Å²) < 4.78 is 27.6. The fourth-order valence-electron chi connectivity index (χ4n) is 3.76. The van der Waals surface area contributed by atoms with Gasteiger partial charge in [-0.25, -0.2) is 13.8 Å². The van der Waals surface area contributed by atoms with Crippen molar-refractivity contribution in [1.82, 2.24) is 4.98 Å². The Morgan fingerprint density at radius 3 is 2.87 bits per heavy atom. The van der Waals surface area contributed by atoms with Crippen LogP contribution in [0, 0.1) is 6.92 Å². The summed E-state index contributed by atoms with van der Waals surface area (Å²) in [7, 11) is 0. The number of fused-ring (bicyclic) bond motifs is 1. The molecule has 0 spiro atoms. The second kappa shape index (κ2) is 7.83. The lowest BCUT2D eigenvalue weighted by Gasteiger charge is -2.24. The van der Waals surface area contributed by atoms with Gasteiger partial charge >= 0.3 is 0 Å². The molecule has 1 saturated heterocycles. The average molecular weight is 435 g/mol. The van der Waals surface area contributed by atoms with Crippen LogP contribution in [0.15, 0.2) is 24.3 Å². The van der Waals surface area contributed by atoms with Gasteiger partial charge < -0.3 is 15.5 Å². The monoisotopic (exact) mass is 434 g/mol. The van der Waals surface area contributed by atoms with Crippen molar-refractivity contribution in [3.63, 3.8) is 0 Å². The Labute approximate surface area is 177 Å². The van der Waals surface area contributed by atoms with Crippen molar-refractivity contribution in [3.8, 4) is 0 Å². The number of aromatic nitrogens is 1. The number of alkyl halides is 2. The molecule has 2 amide bonds. The lowest BCUT2D eigenvalue weighted by atomic mass is 10.1. The average Bonchev–Trinajstić information content (AvgIpc) is 2.95. The number of aryl methyl sites for hydroxylation is 1. The number of halogens is 3. The van der Waals surface area contributed by atoms with Gasteiger partial charge in [0.2, 0.25) is 11.8 Å². The van der Waals surface area contributed by atoms with E-state index in [1.165, 1.54) is 6.07 Å². The zero-order valence-electron chi connectivity index (χ0n) is 16.4. The number of hydrogen-bond acceptors (Lipinski definition) is 4. The van der Waals surface area contributed by atoms with Crippen LogP contribution in [0.1, 0.15) is 40.9 Å².